The minimum Gasteiger partial charge on any atom is -0.507 e. The summed E-state index contributed by atoms with van der Waals surface area (Å²) in [5.41, 5.74) is 0. The lowest BCUT2D eigenvalue weighted by Crippen LogP contribution is -1.95. The highest BCUT2D eigenvalue weighted by Gasteiger charge is 2.07. The molecule has 0 aromatic carbocycles. The first-order chi connectivity index (χ1) is 4.70. The van der Waals surface area contributed by atoms with Crippen LogP contribution in [0.5, 0.6) is 5.75 Å². The van der Waals surface area contributed by atoms with E-state index in [9.17, 15) is 10.1 Å². The van der Waals surface area contributed by atoms with Crippen LogP contribution in [0.2, 0.25) is 0 Å². The largest absolute Gasteiger partial charge is 0.507 e. The minimum absolute atomic E-state index is 0.0155. The van der Waals surface area contributed by atoms with Gasteiger partial charge in [-0.2, -0.15) is 0 Å². The number of hydrogen-bond acceptors (Lipinski definition) is 4. The molecule has 4 nitrogen and oxygen atoms in total. The van der Waals surface area contributed by atoms with Crippen LogP contribution in [-0.2, 0) is 6.54 Å². The van der Waals surface area contributed by atoms with Crippen LogP contribution in [-0.4, -0.2) is 10.0 Å². The molecule has 1 rings (SSSR count). The summed E-state index contributed by atoms with van der Waals surface area (Å²) in [6.45, 7) is -0.288. The maximum atomic E-state index is 9.92. The molecule has 5 heteroatoms. The molecule has 0 saturated carbocycles. The van der Waals surface area contributed by atoms with Crippen LogP contribution in [0, 0.1) is 10.1 Å². The van der Waals surface area contributed by atoms with Gasteiger partial charge in [0.2, 0.25) is 6.54 Å². The molecular weight excluding hydrogens is 154 g/mol. The van der Waals surface area contributed by atoms with E-state index in [0.29, 0.717) is 4.88 Å². The molecule has 0 unspecified atom stereocenters. The standard InChI is InChI=1S/C5H5NO3S/c7-4-1-2-10-5(4)3-6(8)9/h1-2,7H,3H2. The molecule has 0 aliphatic rings. The predicted molar refractivity (Wildman–Crippen MR) is 36.7 cm³/mol. The number of hydrogen-bond donors (Lipinski definition) is 1. The minimum atomic E-state index is -0.467. The number of rotatable bonds is 2. The molecule has 54 valence electrons. The second kappa shape index (κ2) is 2.66. The van der Waals surface area contributed by atoms with Crippen molar-refractivity contribution in [1.82, 2.24) is 0 Å². The molecule has 1 aromatic rings. The first-order valence-electron chi connectivity index (χ1n) is 2.57. The molecule has 0 saturated heterocycles. The lowest BCUT2D eigenvalue weighted by atomic mass is 10.4. The van der Waals surface area contributed by atoms with Crippen LogP contribution >= 0.6 is 11.3 Å². The zero-order valence-electron chi connectivity index (χ0n) is 4.98. The summed E-state index contributed by atoms with van der Waals surface area (Å²) in [6.07, 6.45) is 0. The highest BCUT2D eigenvalue weighted by Crippen LogP contribution is 2.23. The van der Waals surface area contributed by atoms with E-state index in [4.69, 9.17) is 5.11 Å². The monoisotopic (exact) mass is 159 g/mol. The van der Waals surface area contributed by atoms with E-state index in [1.165, 1.54) is 17.4 Å². The van der Waals surface area contributed by atoms with Gasteiger partial charge >= 0.3 is 0 Å². The third-order valence-corrected chi connectivity index (χ3v) is 1.89. The topological polar surface area (TPSA) is 63.4 Å². The highest BCUT2D eigenvalue weighted by molar-refractivity contribution is 7.10. The van der Waals surface area contributed by atoms with Crippen LogP contribution in [0.15, 0.2) is 11.4 Å². The summed E-state index contributed by atoms with van der Waals surface area (Å²) >= 11 is 1.19. The normalized spacial score (nSPS) is 9.60. The summed E-state index contributed by atoms with van der Waals surface area (Å²) in [5, 5.41) is 20.4. The maximum Gasteiger partial charge on any atom is 0.241 e. The van der Waals surface area contributed by atoms with E-state index in [1.54, 1.807) is 5.38 Å². The van der Waals surface area contributed by atoms with Gasteiger partial charge in [0.15, 0.2) is 0 Å². The van der Waals surface area contributed by atoms with Crippen molar-refractivity contribution in [1.29, 1.82) is 0 Å². The summed E-state index contributed by atoms with van der Waals surface area (Å²) in [7, 11) is 0. The van der Waals surface area contributed by atoms with Gasteiger partial charge in [0.25, 0.3) is 0 Å². The molecule has 0 radical (unpaired) electrons. The van der Waals surface area contributed by atoms with E-state index in [0.717, 1.165) is 0 Å². The Balaban J connectivity index is 2.74. The lowest BCUT2D eigenvalue weighted by molar-refractivity contribution is -0.496. The summed E-state index contributed by atoms with van der Waals surface area (Å²) < 4.78 is 0. The summed E-state index contributed by atoms with van der Waals surface area (Å²) in [5.74, 6) is 0.0155. The molecule has 0 fully saturated rings. The van der Waals surface area contributed by atoms with Crippen LogP contribution in [0.3, 0.4) is 0 Å². The van der Waals surface area contributed by atoms with E-state index >= 15 is 0 Å². The quantitative estimate of drug-likeness (QED) is 0.521. The van der Waals surface area contributed by atoms with Gasteiger partial charge in [-0.1, -0.05) is 0 Å². The van der Waals surface area contributed by atoms with Gasteiger partial charge in [-0.05, 0) is 11.4 Å². The van der Waals surface area contributed by atoms with Gasteiger partial charge in [-0.25, -0.2) is 0 Å². The fourth-order valence-corrected chi connectivity index (χ4v) is 1.30. The Morgan fingerprint density at radius 1 is 1.80 bits per heavy atom. The third-order valence-electron chi connectivity index (χ3n) is 0.995. The third kappa shape index (κ3) is 1.44. The summed E-state index contributed by atoms with van der Waals surface area (Å²) in [4.78, 5) is 9.86. The second-order valence-electron chi connectivity index (χ2n) is 1.72. The van der Waals surface area contributed by atoms with Crippen molar-refractivity contribution in [3.63, 3.8) is 0 Å². The molecule has 0 atom stereocenters. The van der Waals surface area contributed by atoms with Crippen LogP contribution in [0.1, 0.15) is 4.88 Å². The van der Waals surface area contributed by atoms with Gasteiger partial charge in [0, 0.05) is 4.92 Å². The molecule has 0 aliphatic carbocycles. The van der Waals surface area contributed by atoms with Gasteiger partial charge < -0.3 is 5.11 Å². The maximum absolute atomic E-state index is 9.92. The van der Waals surface area contributed by atoms with Crippen molar-refractivity contribution >= 4 is 11.3 Å². The Hall–Kier alpha value is -1.10. The number of nitrogens with zero attached hydrogens (tertiary/aromatic N) is 1. The highest BCUT2D eigenvalue weighted by atomic mass is 32.1. The zero-order chi connectivity index (χ0) is 7.56. The zero-order valence-corrected chi connectivity index (χ0v) is 5.80. The Bertz CT molecular complexity index is 245. The van der Waals surface area contributed by atoms with E-state index < -0.39 is 4.92 Å². The van der Waals surface area contributed by atoms with Gasteiger partial charge in [0.1, 0.15) is 10.6 Å². The molecule has 0 aliphatic heterocycles. The van der Waals surface area contributed by atoms with Crippen molar-refractivity contribution in [3.8, 4) is 5.75 Å². The molecular formula is C5H5NO3S. The van der Waals surface area contributed by atoms with E-state index in [2.05, 4.69) is 0 Å². The van der Waals surface area contributed by atoms with Gasteiger partial charge in [-0.3, -0.25) is 10.1 Å². The summed E-state index contributed by atoms with van der Waals surface area (Å²) in [6, 6.07) is 1.45. The smallest absolute Gasteiger partial charge is 0.241 e. The lowest BCUT2D eigenvalue weighted by Gasteiger charge is -1.88. The molecule has 0 amide bonds. The average Bonchev–Trinajstić information content (AvgIpc) is 2.15. The van der Waals surface area contributed by atoms with E-state index in [1.807, 2.05) is 0 Å². The SMILES string of the molecule is O=[N+]([O-])Cc1sccc1O. The van der Waals surface area contributed by atoms with Gasteiger partial charge in [-0.15, -0.1) is 11.3 Å². The fraction of sp³-hybridized carbons (Fsp3) is 0.200. The number of nitro groups is 1. The number of thiophene rings is 1. The van der Waals surface area contributed by atoms with Gasteiger partial charge in [0.05, 0.1) is 0 Å². The molecule has 0 spiro atoms. The molecule has 1 aromatic heterocycles. The van der Waals surface area contributed by atoms with Crippen molar-refractivity contribution in [2.45, 2.75) is 6.54 Å². The average molecular weight is 159 g/mol. The first-order valence-corrected chi connectivity index (χ1v) is 3.45. The van der Waals surface area contributed by atoms with Crippen molar-refractivity contribution in [3.05, 3.63) is 26.4 Å². The van der Waals surface area contributed by atoms with Crippen LogP contribution < -0.4 is 0 Å². The molecule has 1 N–H and O–H groups in total. The van der Waals surface area contributed by atoms with Crippen molar-refractivity contribution < 1.29 is 10.0 Å². The first kappa shape index (κ1) is 7.01. The molecule has 1 heterocycles. The fourth-order valence-electron chi connectivity index (χ4n) is 0.569. The second-order valence-corrected chi connectivity index (χ2v) is 2.72. The Morgan fingerprint density at radius 3 is 2.90 bits per heavy atom. The Morgan fingerprint density at radius 2 is 2.50 bits per heavy atom. The molecule has 0 bridgehead atoms. The number of aromatic hydroxyl groups is 1. The molecule has 10 heavy (non-hydrogen) atoms. The van der Waals surface area contributed by atoms with Crippen molar-refractivity contribution in [2.75, 3.05) is 0 Å². The Kier molecular flexibility index (Phi) is 1.86. The van der Waals surface area contributed by atoms with Crippen molar-refractivity contribution in [2.24, 2.45) is 0 Å². The van der Waals surface area contributed by atoms with Crippen LogP contribution in [0.25, 0.3) is 0 Å². The van der Waals surface area contributed by atoms with Crippen LogP contribution in [0.4, 0.5) is 0 Å². The van der Waals surface area contributed by atoms with E-state index in [-0.39, 0.29) is 12.3 Å². The predicted octanol–water partition coefficient (Wildman–Crippen LogP) is 1.23. The Labute approximate surface area is 60.9 Å².